The summed E-state index contributed by atoms with van der Waals surface area (Å²) in [5.41, 5.74) is 1.49. The Balaban J connectivity index is 1.64. The predicted molar refractivity (Wildman–Crippen MR) is 108 cm³/mol. The van der Waals surface area contributed by atoms with Gasteiger partial charge in [-0.05, 0) is 44.2 Å². The average molecular weight is 404 g/mol. The highest BCUT2D eigenvalue weighted by Crippen LogP contribution is 2.32. The Kier molecular flexibility index (Phi) is 6.74. The Morgan fingerprint density at radius 3 is 2.50 bits per heavy atom. The fraction of sp³-hybridized carbons (Fsp3) is 0.450. The Morgan fingerprint density at radius 2 is 1.89 bits per heavy atom. The molecule has 2 heterocycles. The molecule has 2 aromatic rings. The van der Waals surface area contributed by atoms with Crippen LogP contribution in [0.3, 0.4) is 0 Å². The van der Waals surface area contributed by atoms with Gasteiger partial charge in [-0.15, -0.1) is 10.2 Å². The molecule has 28 heavy (non-hydrogen) atoms. The van der Waals surface area contributed by atoms with Crippen LogP contribution in [0.2, 0.25) is 0 Å². The molecule has 0 saturated carbocycles. The van der Waals surface area contributed by atoms with E-state index in [1.165, 1.54) is 11.8 Å². The third kappa shape index (κ3) is 4.94. The predicted octanol–water partition coefficient (Wildman–Crippen LogP) is 2.89. The van der Waals surface area contributed by atoms with Crippen molar-refractivity contribution in [2.24, 2.45) is 0 Å². The van der Waals surface area contributed by atoms with Gasteiger partial charge in [-0.2, -0.15) is 0 Å². The summed E-state index contributed by atoms with van der Waals surface area (Å²) in [5.74, 6) is 1.83. The zero-order chi connectivity index (χ0) is 20.1. The number of nitrogens with zero attached hydrogens (tertiary/aromatic N) is 3. The van der Waals surface area contributed by atoms with Gasteiger partial charge in [-0.1, -0.05) is 11.8 Å². The van der Waals surface area contributed by atoms with Crippen molar-refractivity contribution in [1.29, 1.82) is 0 Å². The molecule has 0 N–H and O–H groups in total. The van der Waals surface area contributed by atoms with Gasteiger partial charge in [0, 0.05) is 18.7 Å². The SMILES string of the molecule is COc1ccc(OC)c(-c2ccc(SCC(=O)N3CC(C)OC(C)C3)nn2)c1. The summed E-state index contributed by atoms with van der Waals surface area (Å²) >= 11 is 1.38. The molecule has 1 aliphatic heterocycles. The molecule has 1 saturated heterocycles. The quantitative estimate of drug-likeness (QED) is 0.687. The van der Waals surface area contributed by atoms with Gasteiger partial charge in [-0.3, -0.25) is 4.79 Å². The first kappa shape index (κ1) is 20.4. The van der Waals surface area contributed by atoms with Gasteiger partial charge in [0.25, 0.3) is 0 Å². The van der Waals surface area contributed by atoms with Crippen LogP contribution in [0.4, 0.5) is 0 Å². The van der Waals surface area contributed by atoms with Crippen molar-refractivity contribution >= 4 is 17.7 Å². The number of aromatic nitrogens is 2. The molecule has 0 aliphatic carbocycles. The van der Waals surface area contributed by atoms with Crippen molar-refractivity contribution in [3.8, 4) is 22.8 Å². The van der Waals surface area contributed by atoms with Crippen LogP contribution in [0.5, 0.6) is 11.5 Å². The monoisotopic (exact) mass is 403 g/mol. The minimum atomic E-state index is 0.0645. The molecule has 0 bridgehead atoms. The first-order valence-corrected chi connectivity index (χ1v) is 10.1. The largest absolute Gasteiger partial charge is 0.497 e. The van der Waals surface area contributed by atoms with E-state index in [4.69, 9.17) is 14.2 Å². The van der Waals surface area contributed by atoms with E-state index in [0.29, 0.717) is 35.3 Å². The molecule has 1 fully saturated rings. The molecular weight excluding hydrogens is 378 g/mol. The molecule has 1 aromatic heterocycles. The lowest BCUT2D eigenvalue weighted by molar-refractivity contribution is -0.140. The second-order valence-corrected chi connectivity index (χ2v) is 7.66. The molecule has 150 valence electrons. The summed E-state index contributed by atoms with van der Waals surface area (Å²) in [4.78, 5) is 14.3. The van der Waals surface area contributed by atoms with Gasteiger partial charge in [0.15, 0.2) is 0 Å². The number of hydrogen-bond acceptors (Lipinski definition) is 7. The van der Waals surface area contributed by atoms with E-state index >= 15 is 0 Å². The molecule has 0 radical (unpaired) electrons. The summed E-state index contributed by atoms with van der Waals surface area (Å²) in [5, 5.41) is 9.25. The fourth-order valence-corrected chi connectivity index (χ4v) is 3.88. The minimum Gasteiger partial charge on any atom is -0.497 e. The van der Waals surface area contributed by atoms with Crippen molar-refractivity contribution in [3.63, 3.8) is 0 Å². The van der Waals surface area contributed by atoms with E-state index in [0.717, 1.165) is 11.3 Å². The number of ether oxygens (including phenoxy) is 3. The summed E-state index contributed by atoms with van der Waals surface area (Å²) < 4.78 is 16.4. The molecule has 0 spiro atoms. The summed E-state index contributed by atoms with van der Waals surface area (Å²) in [6, 6.07) is 9.26. The van der Waals surface area contributed by atoms with Gasteiger partial charge in [0.05, 0.1) is 37.9 Å². The highest BCUT2D eigenvalue weighted by atomic mass is 32.2. The van der Waals surface area contributed by atoms with E-state index < -0.39 is 0 Å². The number of hydrogen-bond donors (Lipinski definition) is 0. The highest BCUT2D eigenvalue weighted by Gasteiger charge is 2.25. The number of amides is 1. The van der Waals surface area contributed by atoms with Crippen molar-refractivity contribution in [3.05, 3.63) is 30.3 Å². The lowest BCUT2D eigenvalue weighted by Crippen LogP contribution is -2.48. The summed E-state index contributed by atoms with van der Waals surface area (Å²) in [6.45, 7) is 5.23. The molecule has 2 unspecified atom stereocenters. The Hall–Kier alpha value is -2.32. The third-order valence-corrected chi connectivity index (χ3v) is 5.34. The molecule has 1 amide bonds. The molecule has 1 aliphatic rings. The minimum absolute atomic E-state index is 0.0645. The molecule has 2 atom stereocenters. The average Bonchev–Trinajstić information content (AvgIpc) is 2.71. The summed E-state index contributed by atoms with van der Waals surface area (Å²) in [7, 11) is 3.23. The fourth-order valence-electron chi connectivity index (χ4n) is 3.16. The van der Waals surface area contributed by atoms with Crippen molar-refractivity contribution in [2.75, 3.05) is 33.1 Å². The second-order valence-electron chi connectivity index (χ2n) is 6.67. The topological polar surface area (TPSA) is 73.8 Å². The van der Waals surface area contributed by atoms with E-state index in [1.807, 2.05) is 49.1 Å². The number of rotatable bonds is 6. The highest BCUT2D eigenvalue weighted by molar-refractivity contribution is 7.99. The molecule has 3 rings (SSSR count). The lowest BCUT2D eigenvalue weighted by atomic mass is 10.1. The van der Waals surface area contributed by atoms with E-state index in [1.54, 1.807) is 14.2 Å². The molecular formula is C20H25N3O4S. The third-order valence-electron chi connectivity index (χ3n) is 4.44. The van der Waals surface area contributed by atoms with E-state index in [9.17, 15) is 4.79 Å². The van der Waals surface area contributed by atoms with Crippen LogP contribution < -0.4 is 9.47 Å². The van der Waals surface area contributed by atoms with Crippen LogP contribution in [0, 0.1) is 0 Å². The molecule has 1 aromatic carbocycles. The van der Waals surface area contributed by atoms with Crippen molar-refractivity contribution < 1.29 is 19.0 Å². The van der Waals surface area contributed by atoms with Gasteiger partial charge in [0.1, 0.15) is 16.5 Å². The molecule has 7 nitrogen and oxygen atoms in total. The number of carbonyl (C=O) groups is 1. The summed E-state index contributed by atoms with van der Waals surface area (Å²) in [6.07, 6.45) is 0.129. The second kappa shape index (κ2) is 9.25. The van der Waals surface area contributed by atoms with Crippen molar-refractivity contribution in [2.45, 2.75) is 31.1 Å². The van der Waals surface area contributed by atoms with Crippen LogP contribution in [0.1, 0.15) is 13.8 Å². The maximum atomic E-state index is 12.5. The molecule has 8 heteroatoms. The maximum Gasteiger partial charge on any atom is 0.233 e. The Bertz CT molecular complexity index is 806. The number of methoxy groups -OCH3 is 2. The zero-order valence-corrected chi connectivity index (χ0v) is 17.4. The van der Waals surface area contributed by atoms with Crippen LogP contribution in [-0.2, 0) is 9.53 Å². The van der Waals surface area contributed by atoms with Crippen LogP contribution in [0.25, 0.3) is 11.3 Å². The maximum absolute atomic E-state index is 12.5. The van der Waals surface area contributed by atoms with Crippen LogP contribution >= 0.6 is 11.8 Å². The van der Waals surface area contributed by atoms with Gasteiger partial charge in [0.2, 0.25) is 5.91 Å². The lowest BCUT2D eigenvalue weighted by Gasteiger charge is -2.35. The van der Waals surface area contributed by atoms with Crippen LogP contribution in [-0.4, -0.2) is 66.3 Å². The number of benzene rings is 1. The standard InChI is InChI=1S/C20H25N3O4S/c1-13-10-23(11-14(2)27-13)20(24)12-28-19-8-6-17(21-22-19)16-9-15(25-3)5-7-18(16)26-4/h5-9,13-14H,10-12H2,1-4H3. The number of morpholine rings is 1. The first-order chi connectivity index (χ1) is 13.5. The normalized spacial score (nSPS) is 19.4. The first-order valence-electron chi connectivity index (χ1n) is 9.12. The Labute approximate surface area is 169 Å². The zero-order valence-electron chi connectivity index (χ0n) is 16.5. The van der Waals surface area contributed by atoms with E-state index in [-0.39, 0.29) is 18.1 Å². The van der Waals surface area contributed by atoms with Gasteiger partial charge < -0.3 is 19.1 Å². The van der Waals surface area contributed by atoms with E-state index in [2.05, 4.69) is 10.2 Å². The van der Waals surface area contributed by atoms with Gasteiger partial charge in [-0.25, -0.2) is 0 Å². The van der Waals surface area contributed by atoms with Crippen LogP contribution in [0.15, 0.2) is 35.4 Å². The van der Waals surface area contributed by atoms with Gasteiger partial charge >= 0.3 is 0 Å². The Morgan fingerprint density at radius 1 is 1.14 bits per heavy atom. The number of carbonyl (C=O) groups excluding carboxylic acids is 1. The number of thioether (sulfide) groups is 1. The van der Waals surface area contributed by atoms with Crippen molar-refractivity contribution in [1.82, 2.24) is 15.1 Å². The smallest absolute Gasteiger partial charge is 0.233 e.